The molecule has 0 bridgehead atoms. The molecule has 1 atom stereocenters. The molecule has 27 heavy (non-hydrogen) atoms. The molecule has 8 heteroatoms. The second-order valence-corrected chi connectivity index (χ2v) is 8.90. The first-order chi connectivity index (χ1) is 13.2. The van der Waals surface area contributed by atoms with Gasteiger partial charge in [-0.3, -0.25) is 4.79 Å². The molecule has 1 unspecified atom stereocenters. The molecule has 2 aliphatic heterocycles. The summed E-state index contributed by atoms with van der Waals surface area (Å²) < 4.78 is 5.53. The minimum atomic E-state index is -0.247. The van der Waals surface area contributed by atoms with Crippen LogP contribution in [-0.4, -0.2) is 59.1 Å². The van der Waals surface area contributed by atoms with Crippen molar-refractivity contribution in [1.82, 2.24) is 14.8 Å². The summed E-state index contributed by atoms with van der Waals surface area (Å²) in [6.45, 7) is 2.53. The van der Waals surface area contributed by atoms with E-state index in [-0.39, 0.29) is 24.6 Å². The highest BCUT2D eigenvalue weighted by Crippen LogP contribution is 2.30. The van der Waals surface area contributed by atoms with Crippen molar-refractivity contribution in [1.29, 1.82) is 0 Å². The van der Waals surface area contributed by atoms with Crippen LogP contribution in [0.4, 0.5) is 4.79 Å². The molecule has 0 radical (unpaired) electrons. The van der Waals surface area contributed by atoms with Gasteiger partial charge in [-0.05, 0) is 43.6 Å². The molecule has 144 valence electrons. The maximum absolute atomic E-state index is 13.0. The Morgan fingerprint density at radius 2 is 2.00 bits per heavy atom. The summed E-state index contributed by atoms with van der Waals surface area (Å²) in [5.74, 6) is -0.00257. The van der Waals surface area contributed by atoms with Gasteiger partial charge in [0, 0.05) is 19.6 Å². The summed E-state index contributed by atoms with van der Waals surface area (Å²) in [5, 5.41) is 2.88. The second kappa shape index (κ2) is 8.39. The van der Waals surface area contributed by atoms with Crippen LogP contribution in [0.5, 0.6) is 0 Å². The number of likely N-dealkylation sites (tertiary alicyclic amines) is 2. The van der Waals surface area contributed by atoms with Gasteiger partial charge in [0.25, 0.3) is 5.91 Å². The first-order valence-electron chi connectivity index (χ1n) is 9.45. The second-order valence-electron chi connectivity index (χ2n) is 6.93. The van der Waals surface area contributed by atoms with Gasteiger partial charge in [-0.1, -0.05) is 6.07 Å². The fraction of sp³-hybridized carbons (Fsp3) is 0.526. The Hall–Kier alpha value is -1.93. The fourth-order valence-electron chi connectivity index (χ4n) is 3.63. The van der Waals surface area contributed by atoms with Crippen LogP contribution in [0.1, 0.15) is 41.8 Å². The third-order valence-corrected chi connectivity index (χ3v) is 7.12. The largest absolute Gasteiger partial charge is 0.447 e. The average Bonchev–Trinajstić information content (AvgIpc) is 3.46. The number of aromatic nitrogens is 1. The summed E-state index contributed by atoms with van der Waals surface area (Å²) in [4.78, 5) is 35.0. The normalized spacial score (nSPS) is 20.1. The fourth-order valence-corrected chi connectivity index (χ4v) is 5.30. The van der Waals surface area contributed by atoms with Gasteiger partial charge in [-0.25, -0.2) is 9.78 Å². The van der Waals surface area contributed by atoms with Gasteiger partial charge in [0.15, 0.2) is 0 Å². The standard InChI is InChI=1S/C19H23N3O3S2/c23-18(16-12-20-17(27-16)15-7-5-11-26-15)22-10-2-1-6-14(22)13-25-19(24)21-8-3-4-9-21/h5,7,11-12,14H,1-4,6,8-10,13H2. The Morgan fingerprint density at radius 3 is 2.78 bits per heavy atom. The lowest BCUT2D eigenvalue weighted by molar-refractivity contribution is 0.0395. The molecule has 6 nitrogen and oxygen atoms in total. The highest BCUT2D eigenvalue weighted by molar-refractivity contribution is 7.21. The summed E-state index contributed by atoms with van der Waals surface area (Å²) in [6.07, 6.45) is 6.42. The molecule has 0 aliphatic carbocycles. The van der Waals surface area contributed by atoms with E-state index in [0.717, 1.165) is 55.1 Å². The topological polar surface area (TPSA) is 62.7 Å². The zero-order chi connectivity index (χ0) is 18.6. The maximum atomic E-state index is 13.0. The average molecular weight is 406 g/mol. The van der Waals surface area contributed by atoms with Crippen LogP contribution < -0.4 is 0 Å². The first kappa shape index (κ1) is 18.4. The van der Waals surface area contributed by atoms with Crippen molar-refractivity contribution in [2.75, 3.05) is 26.2 Å². The number of carbonyl (C=O) groups is 2. The lowest BCUT2D eigenvalue weighted by Gasteiger charge is -2.35. The zero-order valence-corrected chi connectivity index (χ0v) is 16.8. The molecule has 2 saturated heterocycles. The van der Waals surface area contributed by atoms with E-state index in [9.17, 15) is 9.59 Å². The summed E-state index contributed by atoms with van der Waals surface area (Å²) in [6, 6.07) is 3.95. The Balaban J connectivity index is 1.40. The highest BCUT2D eigenvalue weighted by atomic mass is 32.1. The van der Waals surface area contributed by atoms with Gasteiger partial charge in [0.05, 0.1) is 17.1 Å². The van der Waals surface area contributed by atoms with Crippen molar-refractivity contribution in [3.8, 4) is 9.88 Å². The van der Waals surface area contributed by atoms with Crippen molar-refractivity contribution in [3.05, 3.63) is 28.6 Å². The SMILES string of the molecule is O=C(OCC1CCCCN1C(=O)c1cnc(-c2cccs2)s1)N1CCCC1. The van der Waals surface area contributed by atoms with Crippen molar-refractivity contribution < 1.29 is 14.3 Å². The lowest BCUT2D eigenvalue weighted by atomic mass is 10.0. The minimum absolute atomic E-state index is 0.00257. The molecule has 0 saturated carbocycles. The molecular weight excluding hydrogens is 382 g/mol. The van der Waals surface area contributed by atoms with Crippen molar-refractivity contribution in [2.24, 2.45) is 0 Å². The Morgan fingerprint density at radius 1 is 1.19 bits per heavy atom. The van der Waals surface area contributed by atoms with Gasteiger partial charge in [0.2, 0.25) is 0 Å². The predicted octanol–water partition coefficient (Wildman–Crippen LogP) is 4.10. The van der Waals surface area contributed by atoms with E-state index >= 15 is 0 Å². The molecular formula is C19H23N3O3S2. The molecule has 0 N–H and O–H groups in total. The van der Waals surface area contributed by atoms with Gasteiger partial charge in [0.1, 0.15) is 16.5 Å². The van der Waals surface area contributed by atoms with Gasteiger partial charge >= 0.3 is 6.09 Å². The molecule has 2 amide bonds. The third kappa shape index (κ3) is 4.16. The Kier molecular flexibility index (Phi) is 5.73. The molecule has 4 rings (SSSR count). The number of thiazole rings is 1. The highest BCUT2D eigenvalue weighted by Gasteiger charge is 2.30. The van der Waals surface area contributed by atoms with E-state index in [4.69, 9.17) is 4.74 Å². The van der Waals surface area contributed by atoms with Gasteiger partial charge in [-0.15, -0.1) is 22.7 Å². The predicted molar refractivity (Wildman–Crippen MR) is 106 cm³/mol. The molecule has 4 heterocycles. The maximum Gasteiger partial charge on any atom is 0.409 e. The number of ether oxygens (including phenoxy) is 1. The van der Waals surface area contributed by atoms with Gasteiger partial charge in [-0.2, -0.15) is 0 Å². The van der Waals surface area contributed by atoms with Crippen LogP contribution in [-0.2, 0) is 4.74 Å². The number of carbonyl (C=O) groups excluding carboxylic acids is 2. The summed E-state index contributed by atoms with van der Waals surface area (Å²) >= 11 is 3.05. The van der Waals surface area contributed by atoms with Crippen molar-refractivity contribution >= 4 is 34.7 Å². The van der Waals surface area contributed by atoms with Crippen LogP contribution in [0.25, 0.3) is 9.88 Å². The van der Waals surface area contributed by atoms with E-state index in [0.29, 0.717) is 11.4 Å². The number of thiophene rings is 1. The smallest absolute Gasteiger partial charge is 0.409 e. The summed E-state index contributed by atoms with van der Waals surface area (Å²) in [7, 11) is 0. The number of hydrogen-bond acceptors (Lipinski definition) is 6. The Bertz CT molecular complexity index is 784. The van der Waals surface area contributed by atoms with Crippen molar-refractivity contribution in [2.45, 2.75) is 38.1 Å². The molecule has 2 aromatic heterocycles. The molecule has 0 aromatic carbocycles. The molecule has 2 fully saturated rings. The quantitative estimate of drug-likeness (QED) is 0.768. The van der Waals surface area contributed by atoms with E-state index in [1.807, 2.05) is 22.4 Å². The summed E-state index contributed by atoms with van der Waals surface area (Å²) in [5.41, 5.74) is 0. The first-order valence-corrected chi connectivity index (χ1v) is 11.1. The zero-order valence-electron chi connectivity index (χ0n) is 15.1. The van der Waals surface area contributed by atoms with E-state index in [1.165, 1.54) is 11.3 Å². The van der Waals surface area contributed by atoms with Crippen LogP contribution in [0.3, 0.4) is 0 Å². The lowest BCUT2D eigenvalue weighted by Crippen LogP contribution is -2.46. The van der Waals surface area contributed by atoms with Crippen molar-refractivity contribution in [3.63, 3.8) is 0 Å². The van der Waals surface area contributed by atoms with E-state index < -0.39 is 0 Å². The number of nitrogens with zero attached hydrogens (tertiary/aromatic N) is 3. The molecule has 2 aromatic rings. The molecule has 2 aliphatic rings. The minimum Gasteiger partial charge on any atom is -0.447 e. The van der Waals surface area contributed by atoms with Crippen LogP contribution in [0.2, 0.25) is 0 Å². The number of amides is 2. The van der Waals surface area contributed by atoms with Crippen LogP contribution in [0.15, 0.2) is 23.7 Å². The monoisotopic (exact) mass is 405 g/mol. The van der Waals surface area contributed by atoms with E-state index in [1.54, 1.807) is 22.4 Å². The van der Waals surface area contributed by atoms with Crippen LogP contribution in [0, 0.1) is 0 Å². The van der Waals surface area contributed by atoms with E-state index in [2.05, 4.69) is 4.98 Å². The number of piperidine rings is 1. The molecule has 0 spiro atoms. The number of hydrogen-bond donors (Lipinski definition) is 0. The Labute approximate surface area is 166 Å². The van der Waals surface area contributed by atoms with Crippen LogP contribution >= 0.6 is 22.7 Å². The third-order valence-electron chi connectivity index (χ3n) is 5.10. The van der Waals surface area contributed by atoms with Gasteiger partial charge < -0.3 is 14.5 Å². The number of rotatable bonds is 4.